The van der Waals surface area contributed by atoms with Crippen molar-refractivity contribution in [3.05, 3.63) is 144 Å². The molecular weight excluding hydrogens is 566 g/mol. The monoisotopic (exact) mass is 599 g/mol. The van der Waals surface area contributed by atoms with Crippen LogP contribution in [0.1, 0.15) is 41.3 Å². The first kappa shape index (κ1) is 30.3. The van der Waals surface area contributed by atoms with Gasteiger partial charge in [-0.1, -0.05) is 92.7 Å². The lowest BCUT2D eigenvalue weighted by Gasteiger charge is -2.13. The van der Waals surface area contributed by atoms with E-state index >= 15 is 0 Å². The van der Waals surface area contributed by atoms with E-state index in [9.17, 15) is 14.4 Å². The standard InChI is InChI=1S/C37H33N3O3S/c1-25(2)26-18-20-30(21-19-26)38-35(41)24-44-32-16-9-15-31(23-32)39-37(43)34(40-36(42)28-11-4-3-5-12-28)22-29-14-8-13-27-10-6-7-17-33(27)29/h3-23,25H,24H2,1-2H3,(H,38,41)(H,39,43)(H,40,42)/b34-22+. The number of carbonyl (C=O) groups excluding carboxylic acids is 3. The summed E-state index contributed by atoms with van der Waals surface area (Å²) in [5, 5.41) is 10.6. The van der Waals surface area contributed by atoms with E-state index in [0.717, 1.165) is 26.9 Å². The Morgan fingerprint density at radius 3 is 2.20 bits per heavy atom. The largest absolute Gasteiger partial charge is 0.325 e. The number of hydrogen-bond acceptors (Lipinski definition) is 4. The van der Waals surface area contributed by atoms with E-state index < -0.39 is 5.91 Å². The Labute approximate surface area is 261 Å². The van der Waals surface area contributed by atoms with Crippen LogP contribution in [-0.4, -0.2) is 23.5 Å². The maximum absolute atomic E-state index is 13.6. The van der Waals surface area contributed by atoms with Gasteiger partial charge < -0.3 is 16.0 Å². The van der Waals surface area contributed by atoms with Crippen molar-refractivity contribution in [1.29, 1.82) is 0 Å². The van der Waals surface area contributed by atoms with E-state index in [-0.39, 0.29) is 23.3 Å². The summed E-state index contributed by atoms with van der Waals surface area (Å²) >= 11 is 1.37. The fourth-order valence-electron chi connectivity index (χ4n) is 4.63. The van der Waals surface area contributed by atoms with Gasteiger partial charge in [-0.3, -0.25) is 14.4 Å². The van der Waals surface area contributed by atoms with E-state index in [4.69, 9.17) is 0 Å². The Balaban J connectivity index is 1.30. The van der Waals surface area contributed by atoms with Gasteiger partial charge in [0.25, 0.3) is 11.8 Å². The molecule has 6 nitrogen and oxygen atoms in total. The van der Waals surface area contributed by atoms with Gasteiger partial charge in [0.2, 0.25) is 5.91 Å². The summed E-state index contributed by atoms with van der Waals surface area (Å²) in [6.07, 6.45) is 1.69. The first-order chi connectivity index (χ1) is 21.4. The fraction of sp³-hybridized carbons (Fsp3) is 0.108. The van der Waals surface area contributed by atoms with Crippen LogP contribution < -0.4 is 16.0 Å². The molecular formula is C37H33N3O3S. The quantitative estimate of drug-likeness (QED) is 0.112. The number of thioether (sulfide) groups is 1. The number of fused-ring (bicyclic) bond motifs is 1. The number of anilines is 2. The third-order valence-electron chi connectivity index (χ3n) is 6.97. The van der Waals surface area contributed by atoms with Crippen molar-refractivity contribution >= 4 is 57.7 Å². The minimum atomic E-state index is -0.466. The van der Waals surface area contributed by atoms with Crippen molar-refractivity contribution in [3.8, 4) is 0 Å². The van der Waals surface area contributed by atoms with Crippen LogP contribution in [0.5, 0.6) is 0 Å². The number of carbonyl (C=O) groups is 3. The molecule has 5 aromatic carbocycles. The van der Waals surface area contributed by atoms with Gasteiger partial charge in [0.1, 0.15) is 5.70 Å². The van der Waals surface area contributed by atoms with Crippen LogP contribution in [0, 0.1) is 0 Å². The first-order valence-electron chi connectivity index (χ1n) is 14.4. The molecule has 0 bridgehead atoms. The predicted molar refractivity (Wildman–Crippen MR) is 181 cm³/mol. The van der Waals surface area contributed by atoms with Crippen LogP contribution in [0.15, 0.2) is 132 Å². The molecule has 44 heavy (non-hydrogen) atoms. The lowest BCUT2D eigenvalue weighted by molar-refractivity contribution is -0.114. The van der Waals surface area contributed by atoms with E-state index in [1.807, 2.05) is 91.0 Å². The van der Waals surface area contributed by atoms with Gasteiger partial charge in [-0.05, 0) is 76.4 Å². The molecule has 0 saturated carbocycles. The van der Waals surface area contributed by atoms with Crippen LogP contribution in [0.25, 0.3) is 16.8 Å². The third kappa shape index (κ3) is 8.02. The lowest BCUT2D eigenvalue weighted by Crippen LogP contribution is -2.30. The predicted octanol–water partition coefficient (Wildman–Crippen LogP) is 8.10. The second-order valence-corrected chi connectivity index (χ2v) is 11.6. The molecule has 0 aliphatic rings. The van der Waals surface area contributed by atoms with E-state index in [1.54, 1.807) is 36.4 Å². The topological polar surface area (TPSA) is 87.3 Å². The van der Waals surface area contributed by atoms with E-state index in [0.29, 0.717) is 17.2 Å². The summed E-state index contributed by atoms with van der Waals surface area (Å²) in [7, 11) is 0. The summed E-state index contributed by atoms with van der Waals surface area (Å²) < 4.78 is 0. The minimum absolute atomic E-state index is 0.108. The molecule has 0 aliphatic heterocycles. The molecule has 0 aliphatic carbocycles. The molecule has 0 saturated heterocycles. The number of hydrogen-bond donors (Lipinski definition) is 3. The maximum atomic E-state index is 13.6. The average Bonchev–Trinajstić information content (AvgIpc) is 3.04. The molecule has 5 aromatic rings. The number of benzene rings is 5. The summed E-state index contributed by atoms with van der Waals surface area (Å²) in [5.74, 6) is -0.338. The molecule has 3 amide bonds. The van der Waals surface area contributed by atoms with Crippen molar-refractivity contribution in [3.63, 3.8) is 0 Å². The molecule has 220 valence electrons. The molecule has 0 atom stereocenters. The zero-order chi connectivity index (χ0) is 30.9. The molecule has 0 fully saturated rings. The van der Waals surface area contributed by atoms with Crippen LogP contribution in [-0.2, 0) is 9.59 Å². The van der Waals surface area contributed by atoms with Gasteiger partial charge in [-0.2, -0.15) is 0 Å². The highest BCUT2D eigenvalue weighted by Crippen LogP contribution is 2.24. The minimum Gasteiger partial charge on any atom is -0.325 e. The number of amides is 3. The van der Waals surface area contributed by atoms with Crippen LogP contribution in [0.2, 0.25) is 0 Å². The zero-order valence-corrected chi connectivity index (χ0v) is 25.4. The van der Waals surface area contributed by atoms with Gasteiger partial charge in [0, 0.05) is 21.8 Å². The molecule has 7 heteroatoms. The molecule has 0 aromatic heterocycles. The smallest absolute Gasteiger partial charge is 0.272 e. The van der Waals surface area contributed by atoms with Crippen LogP contribution in [0.3, 0.4) is 0 Å². The Bertz CT molecular complexity index is 1810. The first-order valence-corrected chi connectivity index (χ1v) is 15.3. The molecule has 0 spiro atoms. The fourth-order valence-corrected chi connectivity index (χ4v) is 5.39. The summed E-state index contributed by atoms with van der Waals surface area (Å²) in [4.78, 5) is 40.1. The van der Waals surface area contributed by atoms with Gasteiger partial charge >= 0.3 is 0 Å². The van der Waals surface area contributed by atoms with Crippen molar-refractivity contribution in [2.75, 3.05) is 16.4 Å². The van der Waals surface area contributed by atoms with Crippen LogP contribution in [0.4, 0.5) is 11.4 Å². The third-order valence-corrected chi connectivity index (χ3v) is 7.97. The van der Waals surface area contributed by atoms with Crippen molar-refractivity contribution in [2.24, 2.45) is 0 Å². The van der Waals surface area contributed by atoms with Crippen molar-refractivity contribution in [1.82, 2.24) is 5.32 Å². The van der Waals surface area contributed by atoms with E-state index in [2.05, 4.69) is 29.8 Å². The SMILES string of the molecule is CC(C)c1ccc(NC(=O)CSc2cccc(NC(=O)/C(=C\c3cccc4ccccc34)NC(=O)c3ccccc3)c2)cc1. The second-order valence-electron chi connectivity index (χ2n) is 10.5. The van der Waals surface area contributed by atoms with Gasteiger partial charge in [-0.25, -0.2) is 0 Å². The van der Waals surface area contributed by atoms with Gasteiger partial charge in [0.15, 0.2) is 0 Å². The normalized spacial score (nSPS) is 11.3. The van der Waals surface area contributed by atoms with Crippen molar-refractivity contribution in [2.45, 2.75) is 24.7 Å². The number of nitrogens with one attached hydrogen (secondary N) is 3. The Kier molecular flexibility index (Phi) is 9.89. The average molecular weight is 600 g/mol. The van der Waals surface area contributed by atoms with Gasteiger partial charge in [-0.15, -0.1) is 11.8 Å². The molecule has 0 heterocycles. The van der Waals surface area contributed by atoms with Crippen LogP contribution >= 0.6 is 11.8 Å². The Morgan fingerprint density at radius 2 is 1.43 bits per heavy atom. The molecule has 5 rings (SSSR count). The maximum Gasteiger partial charge on any atom is 0.272 e. The highest BCUT2D eigenvalue weighted by Gasteiger charge is 2.16. The Morgan fingerprint density at radius 1 is 0.727 bits per heavy atom. The highest BCUT2D eigenvalue weighted by atomic mass is 32.2. The molecule has 0 radical (unpaired) electrons. The second kappa shape index (κ2) is 14.4. The zero-order valence-electron chi connectivity index (χ0n) is 24.5. The Hall–Kier alpha value is -5.14. The van der Waals surface area contributed by atoms with E-state index in [1.165, 1.54) is 17.3 Å². The molecule has 0 unspecified atom stereocenters. The highest BCUT2D eigenvalue weighted by molar-refractivity contribution is 8.00. The number of rotatable bonds is 10. The summed E-state index contributed by atoms with van der Waals surface area (Å²) in [5.41, 5.74) is 3.86. The van der Waals surface area contributed by atoms with Crippen molar-refractivity contribution < 1.29 is 14.4 Å². The summed E-state index contributed by atoms with van der Waals surface area (Å²) in [6.45, 7) is 4.26. The van der Waals surface area contributed by atoms with Gasteiger partial charge in [0.05, 0.1) is 5.75 Å². The lowest BCUT2D eigenvalue weighted by atomic mass is 10.0. The summed E-state index contributed by atoms with van der Waals surface area (Å²) in [6, 6.07) is 37.6. The molecule has 3 N–H and O–H groups in total.